The molecule has 2 aromatic carbocycles. The topological polar surface area (TPSA) is 86.6 Å². The highest BCUT2D eigenvalue weighted by atomic mass is 16.4. The summed E-state index contributed by atoms with van der Waals surface area (Å²) >= 11 is 0. The number of carbonyl (C=O) groups is 2. The third-order valence-corrected chi connectivity index (χ3v) is 3.21. The number of aryl methyl sites for hydroxylation is 1. The summed E-state index contributed by atoms with van der Waals surface area (Å²) in [5.41, 5.74) is 1.98. The zero-order chi connectivity index (χ0) is 15.6. The number of carboxylic acids is 1. The first kappa shape index (κ1) is 14.6. The fourth-order valence-corrected chi connectivity index (χ4v) is 2.02. The molecule has 0 radical (unpaired) electrons. The molecule has 1 amide bonds. The van der Waals surface area contributed by atoms with Crippen LogP contribution in [0.1, 0.15) is 31.8 Å². The highest BCUT2D eigenvalue weighted by molar-refractivity contribution is 6.07. The highest BCUT2D eigenvalue weighted by Crippen LogP contribution is 2.23. The van der Waals surface area contributed by atoms with Crippen LogP contribution in [-0.2, 0) is 0 Å². The molecule has 0 aliphatic heterocycles. The van der Waals surface area contributed by atoms with E-state index >= 15 is 0 Å². The normalized spacial score (nSPS) is 10.2. The molecule has 0 saturated carbocycles. The van der Waals surface area contributed by atoms with E-state index in [0.29, 0.717) is 11.3 Å². The van der Waals surface area contributed by atoms with Gasteiger partial charge in [-0.3, -0.25) is 4.79 Å². The van der Waals surface area contributed by atoms with Crippen LogP contribution in [0.2, 0.25) is 0 Å². The van der Waals surface area contributed by atoms with Crippen LogP contribution in [0.25, 0.3) is 0 Å². The molecule has 0 atom stereocenters. The molecular formula is C16H15NO4. The first-order valence-electron chi connectivity index (χ1n) is 6.34. The quantitative estimate of drug-likeness (QED) is 0.809. The maximum absolute atomic E-state index is 12.2. The van der Waals surface area contributed by atoms with Crippen LogP contribution in [0.3, 0.4) is 0 Å². The number of aromatic carboxylic acids is 1. The monoisotopic (exact) mass is 285 g/mol. The Hall–Kier alpha value is -2.82. The average molecular weight is 285 g/mol. The molecule has 3 N–H and O–H groups in total. The van der Waals surface area contributed by atoms with Gasteiger partial charge in [0.1, 0.15) is 5.75 Å². The van der Waals surface area contributed by atoms with E-state index in [2.05, 4.69) is 5.32 Å². The van der Waals surface area contributed by atoms with Gasteiger partial charge in [-0.25, -0.2) is 4.79 Å². The predicted molar refractivity (Wildman–Crippen MR) is 78.9 cm³/mol. The van der Waals surface area contributed by atoms with E-state index in [1.165, 1.54) is 12.1 Å². The summed E-state index contributed by atoms with van der Waals surface area (Å²) in [6.45, 7) is 3.43. The van der Waals surface area contributed by atoms with Gasteiger partial charge in [-0.2, -0.15) is 0 Å². The van der Waals surface area contributed by atoms with Gasteiger partial charge >= 0.3 is 5.97 Å². The second-order valence-corrected chi connectivity index (χ2v) is 4.76. The molecule has 108 valence electrons. The molecule has 0 aliphatic rings. The number of phenols is 1. The lowest BCUT2D eigenvalue weighted by atomic mass is 10.1. The average Bonchev–Trinajstić information content (AvgIpc) is 2.43. The third-order valence-electron chi connectivity index (χ3n) is 3.21. The molecule has 0 heterocycles. The molecule has 5 nitrogen and oxygen atoms in total. The lowest BCUT2D eigenvalue weighted by Crippen LogP contribution is -2.14. The molecule has 0 aliphatic carbocycles. The van der Waals surface area contributed by atoms with Crippen LogP contribution in [0.15, 0.2) is 36.4 Å². The summed E-state index contributed by atoms with van der Waals surface area (Å²) in [7, 11) is 0. The summed E-state index contributed by atoms with van der Waals surface area (Å²) in [6, 6.07) is 9.36. The maximum Gasteiger partial charge on any atom is 0.336 e. The molecule has 5 heteroatoms. The van der Waals surface area contributed by atoms with E-state index in [1.807, 2.05) is 6.92 Å². The van der Waals surface area contributed by atoms with E-state index in [4.69, 9.17) is 5.11 Å². The molecular weight excluding hydrogens is 270 g/mol. The smallest absolute Gasteiger partial charge is 0.336 e. The lowest BCUT2D eigenvalue weighted by Gasteiger charge is -2.11. The number of amides is 1. The summed E-state index contributed by atoms with van der Waals surface area (Å²) < 4.78 is 0. The number of aromatic hydroxyl groups is 1. The van der Waals surface area contributed by atoms with Crippen LogP contribution < -0.4 is 5.32 Å². The van der Waals surface area contributed by atoms with Crippen LogP contribution in [0.5, 0.6) is 5.75 Å². The molecule has 0 saturated heterocycles. The van der Waals surface area contributed by atoms with Crippen molar-refractivity contribution in [3.05, 3.63) is 58.7 Å². The Balaban J connectivity index is 2.34. The van der Waals surface area contributed by atoms with E-state index < -0.39 is 11.9 Å². The van der Waals surface area contributed by atoms with Crippen molar-refractivity contribution in [3.63, 3.8) is 0 Å². The largest absolute Gasteiger partial charge is 0.507 e. The van der Waals surface area contributed by atoms with E-state index in [0.717, 1.165) is 5.56 Å². The Morgan fingerprint density at radius 2 is 1.76 bits per heavy atom. The van der Waals surface area contributed by atoms with Gasteiger partial charge in [0.25, 0.3) is 5.91 Å². The van der Waals surface area contributed by atoms with E-state index in [-0.39, 0.29) is 16.9 Å². The van der Waals surface area contributed by atoms with Gasteiger partial charge in [-0.15, -0.1) is 0 Å². The van der Waals surface area contributed by atoms with Crippen LogP contribution in [-0.4, -0.2) is 22.1 Å². The first-order chi connectivity index (χ1) is 9.90. The van der Waals surface area contributed by atoms with E-state index in [1.54, 1.807) is 31.2 Å². The Morgan fingerprint density at radius 3 is 2.43 bits per heavy atom. The zero-order valence-corrected chi connectivity index (χ0v) is 11.7. The standard InChI is InChI=1S/C16H15NO4/c1-9-6-7-14(18)12(8-9)15(19)17-13-5-3-4-11(10(13)2)16(20)21/h3-8,18H,1-2H3,(H,17,19)(H,20,21). The maximum atomic E-state index is 12.2. The highest BCUT2D eigenvalue weighted by Gasteiger charge is 2.15. The van der Waals surface area contributed by atoms with Crippen molar-refractivity contribution < 1.29 is 19.8 Å². The van der Waals surface area contributed by atoms with Crippen molar-refractivity contribution in [2.75, 3.05) is 5.32 Å². The number of hydrogen-bond donors (Lipinski definition) is 3. The number of benzene rings is 2. The van der Waals surface area contributed by atoms with Gasteiger partial charge in [-0.1, -0.05) is 17.7 Å². The van der Waals surface area contributed by atoms with Crippen molar-refractivity contribution >= 4 is 17.6 Å². The van der Waals surface area contributed by atoms with Crippen LogP contribution >= 0.6 is 0 Å². The van der Waals surface area contributed by atoms with Gasteiger partial charge in [0.05, 0.1) is 11.1 Å². The van der Waals surface area contributed by atoms with Crippen molar-refractivity contribution in [2.45, 2.75) is 13.8 Å². The third kappa shape index (κ3) is 3.02. The van der Waals surface area contributed by atoms with Crippen LogP contribution in [0, 0.1) is 13.8 Å². The minimum absolute atomic E-state index is 0.120. The zero-order valence-electron chi connectivity index (χ0n) is 11.7. The van der Waals surface area contributed by atoms with Gasteiger partial charge in [-0.05, 0) is 43.7 Å². The molecule has 0 spiro atoms. The fourth-order valence-electron chi connectivity index (χ4n) is 2.02. The van der Waals surface area contributed by atoms with Gasteiger partial charge in [0, 0.05) is 5.69 Å². The van der Waals surface area contributed by atoms with Gasteiger partial charge in [0.2, 0.25) is 0 Å². The molecule has 2 aromatic rings. The SMILES string of the molecule is Cc1ccc(O)c(C(=O)Nc2cccc(C(=O)O)c2C)c1. The summed E-state index contributed by atoms with van der Waals surface area (Å²) in [5, 5.41) is 21.4. The Labute approximate surface area is 121 Å². The predicted octanol–water partition coefficient (Wildman–Crippen LogP) is 2.96. The molecule has 0 unspecified atom stereocenters. The number of hydrogen-bond acceptors (Lipinski definition) is 3. The van der Waals surface area contributed by atoms with Crippen LogP contribution in [0.4, 0.5) is 5.69 Å². The van der Waals surface area contributed by atoms with Gasteiger partial charge in [0.15, 0.2) is 0 Å². The Morgan fingerprint density at radius 1 is 1.05 bits per heavy atom. The van der Waals surface area contributed by atoms with Crippen molar-refractivity contribution in [1.29, 1.82) is 0 Å². The number of rotatable bonds is 3. The van der Waals surface area contributed by atoms with Crippen molar-refractivity contribution in [3.8, 4) is 5.75 Å². The van der Waals surface area contributed by atoms with Gasteiger partial charge < -0.3 is 15.5 Å². The van der Waals surface area contributed by atoms with E-state index in [9.17, 15) is 14.7 Å². The molecule has 0 fully saturated rings. The number of phenolic OH excluding ortho intramolecular Hbond substituents is 1. The number of nitrogens with one attached hydrogen (secondary N) is 1. The summed E-state index contributed by atoms with van der Waals surface area (Å²) in [6.07, 6.45) is 0. The minimum atomic E-state index is -1.05. The fraction of sp³-hybridized carbons (Fsp3) is 0.125. The molecule has 2 rings (SSSR count). The second kappa shape index (κ2) is 5.66. The molecule has 21 heavy (non-hydrogen) atoms. The molecule has 0 aromatic heterocycles. The minimum Gasteiger partial charge on any atom is -0.507 e. The second-order valence-electron chi connectivity index (χ2n) is 4.76. The Bertz CT molecular complexity index is 722. The summed E-state index contributed by atoms with van der Waals surface area (Å²) in [5.74, 6) is -1.66. The number of carbonyl (C=O) groups excluding carboxylic acids is 1. The molecule has 0 bridgehead atoms. The first-order valence-corrected chi connectivity index (χ1v) is 6.34. The lowest BCUT2D eigenvalue weighted by molar-refractivity contribution is 0.0695. The number of anilines is 1. The van der Waals surface area contributed by atoms with Crippen molar-refractivity contribution in [2.24, 2.45) is 0 Å². The van der Waals surface area contributed by atoms with Crippen molar-refractivity contribution in [1.82, 2.24) is 0 Å². The summed E-state index contributed by atoms with van der Waals surface area (Å²) in [4.78, 5) is 23.3. The number of carboxylic acid groups (broad SMARTS) is 1. The Kier molecular flexibility index (Phi) is 3.93.